The Balaban J connectivity index is 2.40. The summed E-state index contributed by atoms with van der Waals surface area (Å²) in [7, 11) is 1.78. The Kier molecular flexibility index (Phi) is 2.91. The molecule has 2 heterocycles. The van der Waals surface area contributed by atoms with Crippen LogP contribution in [-0.4, -0.2) is 25.5 Å². The third-order valence-corrected chi connectivity index (χ3v) is 2.94. The predicted octanol–water partition coefficient (Wildman–Crippen LogP) is 1.67. The fourth-order valence-corrected chi connectivity index (χ4v) is 2.15. The van der Waals surface area contributed by atoms with Crippen LogP contribution in [0.3, 0.4) is 0 Å². The molecule has 0 saturated heterocycles. The first-order chi connectivity index (χ1) is 7.08. The zero-order valence-electron chi connectivity index (χ0n) is 7.69. The van der Waals surface area contributed by atoms with Crippen molar-refractivity contribution < 1.29 is 4.79 Å². The summed E-state index contributed by atoms with van der Waals surface area (Å²) in [6.45, 7) is 0. The number of carbonyl (C=O) groups excluding carboxylic acids is 1. The van der Waals surface area contributed by atoms with Crippen molar-refractivity contribution in [1.82, 2.24) is 19.6 Å². The maximum atomic E-state index is 11.9. The van der Waals surface area contributed by atoms with Crippen LogP contribution in [-0.2, 0) is 7.05 Å². The third-order valence-electron chi connectivity index (χ3n) is 1.75. The van der Waals surface area contributed by atoms with E-state index in [4.69, 9.17) is 0 Å². The molecule has 0 saturated carbocycles. The molecule has 0 radical (unpaired) electrons. The number of hydrogen-bond donors (Lipinski definition) is 0. The first-order valence-electron chi connectivity index (χ1n) is 4.02. The van der Waals surface area contributed by atoms with Gasteiger partial charge in [-0.15, -0.1) is 0 Å². The van der Waals surface area contributed by atoms with E-state index in [0.717, 1.165) is 8.04 Å². The predicted molar refractivity (Wildman–Crippen MR) is 65.6 cm³/mol. The molecule has 2 aromatic heterocycles. The van der Waals surface area contributed by atoms with Crippen molar-refractivity contribution in [3.05, 3.63) is 32.3 Å². The van der Waals surface area contributed by atoms with Crippen LogP contribution in [0, 0.1) is 3.57 Å². The van der Waals surface area contributed by atoms with Gasteiger partial charge in [-0.1, -0.05) is 0 Å². The van der Waals surface area contributed by atoms with Gasteiger partial charge in [-0.2, -0.15) is 10.2 Å². The summed E-state index contributed by atoms with van der Waals surface area (Å²) in [5.74, 6) is -0.231. The molecule has 0 aromatic carbocycles. The summed E-state index contributed by atoms with van der Waals surface area (Å²) in [5, 5.41) is 7.99. The van der Waals surface area contributed by atoms with E-state index in [2.05, 4.69) is 48.7 Å². The molecule has 0 aliphatic rings. The summed E-state index contributed by atoms with van der Waals surface area (Å²) in [6.07, 6.45) is 4.95. The van der Waals surface area contributed by atoms with E-state index in [1.165, 1.54) is 4.68 Å². The summed E-state index contributed by atoms with van der Waals surface area (Å²) in [6, 6.07) is 0. The molecule has 0 unspecified atom stereocenters. The molecule has 0 aliphatic heterocycles. The Morgan fingerprint density at radius 2 is 2.27 bits per heavy atom. The molecule has 0 spiro atoms. The molecule has 0 amide bonds. The van der Waals surface area contributed by atoms with Crippen LogP contribution >= 0.6 is 38.5 Å². The molecule has 15 heavy (non-hydrogen) atoms. The van der Waals surface area contributed by atoms with Gasteiger partial charge in [-0.25, -0.2) is 4.68 Å². The van der Waals surface area contributed by atoms with Gasteiger partial charge < -0.3 is 0 Å². The van der Waals surface area contributed by atoms with Gasteiger partial charge in [0.15, 0.2) is 5.69 Å². The second kappa shape index (κ2) is 4.05. The molecule has 0 aliphatic carbocycles. The van der Waals surface area contributed by atoms with E-state index in [-0.39, 0.29) is 5.91 Å². The molecule has 0 bridgehead atoms. The van der Waals surface area contributed by atoms with Crippen LogP contribution in [0.2, 0.25) is 0 Å². The summed E-state index contributed by atoms with van der Waals surface area (Å²) in [5.41, 5.74) is 0.411. The SMILES string of the molecule is Cn1cc(I)c(C(=O)n2cc(Br)cn2)n1. The van der Waals surface area contributed by atoms with Crippen molar-refractivity contribution in [2.45, 2.75) is 0 Å². The monoisotopic (exact) mass is 380 g/mol. The van der Waals surface area contributed by atoms with E-state index in [0.29, 0.717) is 5.69 Å². The lowest BCUT2D eigenvalue weighted by atomic mass is 10.4. The molecule has 0 N–H and O–H groups in total. The highest BCUT2D eigenvalue weighted by molar-refractivity contribution is 14.1. The van der Waals surface area contributed by atoms with Gasteiger partial charge in [0, 0.05) is 19.4 Å². The average Bonchev–Trinajstić information content (AvgIpc) is 2.71. The molecule has 7 heteroatoms. The number of hydrogen-bond acceptors (Lipinski definition) is 3. The second-order valence-electron chi connectivity index (χ2n) is 2.91. The number of aromatic nitrogens is 4. The van der Waals surface area contributed by atoms with Gasteiger partial charge >= 0.3 is 0 Å². The minimum absolute atomic E-state index is 0.231. The van der Waals surface area contributed by atoms with Gasteiger partial charge in [0.05, 0.1) is 14.2 Å². The highest BCUT2D eigenvalue weighted by Crippen LogP contribution is 2.12. The molecular formula is C8H6BrIN4O. The van der Waals surface area contributed by atoms with Crippen molar-refractivity contribution in [3.8, 4) is 0 Å². The molecule has 2 aromatic rings. The van der Waals surface area contributed by atoms with Crippen LogP contribution in [0.5, 0.6) is 0 Å². The normalized spacial score (nSPS) is 10.6. The fraction of sp³-hybridized carbons (Fsp3) is 0.125. The Bertz CT molecular complexity index is 518. The molecule has 2 rings (SSSR count). The smallest absolute Gasteiger partial charge is 0.274 e. The van der Waals surface area contributed by atoms with Crippen LogP contribution in [0.15, 0.2) is 23.1 Å². The van der Waals surface area contributed by atoms with Gasteiger partial charge in [0.1, 0.15) is 0 Å². The van der Waals surface area contributed by atoms with Gasteiger partial charge in [0.25, 0.3) is 5.91 Å². The zero-order valence-corrected chi connectivity index (χ0v) is 11.4. The molecular weight excluding hydrogens is 375 g/mol. The van der Waals surface area contributed by atoms with Crippen molar-refractivity contribution in [2.75, 3.05) is 0 Å². The van der Waals surface area contributed by atoms with E-state index >= 15 is 0 Å². The van der Waals surface area contributed by atoms with E-state index in [9.17, 15) is 4.79 Å². The van der Waals surface area contributed by atoms with Crippen molar-refractivity contribution in [3.63, 3.8) is 0 Å². The quantitative estimate of drug-likeness (QED) is 0.707. The number of halogens is 2. The lowest BCUT2D eigenvalue weighted by molar-refractivity contribution is 0.0938. The van der Waals surface area contributed by atoms with Gasteiger partial charge in [-0.05, 0) is 38.5 Å². The second-order valence-corrected chi connectivity index (χ2v) is 4.99. The first kappa shape index (κ1) is 10.8. The minimum Gasteiger partial charge on any atom is -0.274 e. The minimum atomic E-state index is -0.231. The highest BCUT2D eigenvalue weighted by Gasteiger charge is 2.16. The number of rotatable bonds is 1. The van der Waals surface area contributed by atoms with Crippen LogP contribution < -0.4 is 0 Å². The average molecular weight is 381 g/mol. The summed E-state index contributed by atoms with van der Waals surface area (Å²) < 4.78 is 4.44. The maximum absolute atomic E-state index is 11.9. The first-order valence-corrected chi connectivity index (χ1v) is 5.89. The standard InChI is InChI=1S/C8H6BrIN4O/c1-13-4-6(10)7(12-13)8(15)14-3-5(9)2-11-14/h2-4H,1H3. The van der Waals surface area contributed by atoms with Crippen molar-refractivity contribution >= 4 is 44.4 Å². The maximum Gasteiger partial charge on any atom is 0.299 e. The van der Waals surface area contributed by atoms with Crippen LogP contribution in [0.4, 0.5) is 0 Å². The topological polar surface area (TPSA) is 52.7 Å². The third kappa shape index (κ3) is 2.12. The number of nitrogens with zero attached hydrogens (tertiary/aromatic N) is 4. The Hall–Kier alpha value is -0.700. The number of carbonyl (C=O) groups is 1. The summed E-state index contributed by atoms with van der Waals surface area (Å²) in [4.78, 5) is 11.9. The lowest BCUT2D eigenvalue weighted by Gasteiger charge is -1.95. The Morgan fingerprint density at radius 3 is 2.73 bits per heavy atom. The van der Waals surface area contributed by atoms with Crippen molar-refractivity contribution in [2.24, 2.45) is 7.05 Å². The van der Waals surface area contributed by atoms with Crippen molar-refractivity contribution in [1.29, 1.82) is 0 Å². The molecule has 0 fully saturated rings. The highest BCUT2D eigenvalue weighted by atomic mass is 127. The fourth-order valence-electron chi connectivity index (χ4n) is 1.12. The molecule has 0 atom stereocenters. The van der Waals surface area contributed by atoms with E-state index < -0.39 is 0 Å². The molecule has 5 nitrogen and oxygen atoms in total. The molecule has 78 valence electrons. The summed E-state index contributed by atoms with van der Waals surface area (Å²) >= 11 is 5.31. The zero-order chi connectivity index (χ0) is 11.0. The lowest BCUT2D eigenvalue weighted by Crippen LogP contribution is -2.14. The Morgan fingerprint density at radius 1 is 1.53 bits per heavy atom. The van der Waals surface area contributed by atoms with E-state index in [1.807, 2.05) is 0 Å². The van der Waals surface area contributed by atoms with E-state index in [1.54, 1.807) is 30.3 Å². The number of aryl methyl sites for hydroxylation is 1. The van der Waals surface area contributed by atoms with Crippen LogP contribution in [0.1, 0.15) is 10.5 Å². The van der Waals surface area contributed by atoms with Crippen LogP contribution in [0.25, 0.3) is 0 Å². The Labute approximate surface area is 108 Å². The van der Waals surface area contributed by atoms with Gasteiger partial charge in [0.2, 0.25) is 0 Å². The largest absolute Gasteiger partial charge is 0.299 e. The van der Waals surface area contributed by atoms with Gasteiger partial charge in [-0.3, -0.25) is 9.48 Å².